The monoisotopic (exact) mass is 335 g/mol. The van der Waals surface area contributed by atoms with Crippen LogP contribution in [0.15, 0.2) is 60.7 Å². The number of hydrogen-bond donors (Lipinski definition) is 5. The Morgan fingerprint density at radius 3 is 2.24 bits per heavy atom. The first-order valence-electron chi connectivity index (χ1n) is 7.53. The van der Waals surface area contributed by atoms with Crippen molar-refractivity contribution in [3.8, 4) is 22.6 Å². The molecule has 25 heavy (non-hydrogen) atoms. The molecule has 126 valence electrons. The van der Waals surface area contributed by atoms with Gasteiger partial charge in [-0.2, -0.15) is 0 Å². The second-order valence-corrected chi connectivity index (χ2v) is 5.55. The second kappa shape index (κ2) is 6.45. The lowest BCUT2D eigenvalue weighted by Crippen LogP contribution is -2.12. The Morgan fingerprint density at radius 2 is 1.52 bits per heavy atom. The van der Waals surface area contributed by atoms with E-state index in [1.165, 1.54) is 12.1 Å². The Labute approximate surface area is 144 Å². The van der Waals surface area contributed by atoms with Crippen LogP contribution in [0.4, 0.5) is 17.1 Å². The molecule has 0 aliphatic carbocycles. The molecule has 0 unspecified atom stereocenters. The smallest absolute Gasteiger partial charge is 0.255 e. The molecule has 0 atom stereocenters. The highest BCUT2D eigenvalue weighted by Gasteiger charge is 2.13. The Balaban J connectivity index is 1.92. The van der Waals surface area contributed by atoms with Gasteiger partial charge < -0.3 is 27.0 Å². The van der Waals surface area contributed by atoms with Gasteiger partial charge in [0.05, 0.1) is 5.69 Å². The number of phenolic OH excluding ortho intramolecular Hbond substituents is 2. The number of nitrogens with one attached hydrogen (secondary N) is 1. The normalized spacial score (nSPS) is 10.4. The highest BCUT2D eigenvalue weighted by atomic mass is 16.3. The van der Waals surface area contributed by atoms with Crippen LogP contribution < -0.4 is 16.8 Å². The first kappa shape index (κ1) is 16.2. The minimum Gasteiger partial charge on any atom is -0.507 e. The summed E-state index contributed by atoms with van der Waals surface area (Å²) < 4.78 is 0. The number of phenols is 2. The van der Waals surface area contributed by atoms with Crippen LogP contribution in [0.2, 0.25) is 0 Å². The largest absolute Gasteiger partial charge is 0.507 e. The Hall–Kier alpha value is -3.67. The molecular weight excluding hydrogens is 318 g/mol. The maximum absolute atomic E-state index is 12.5. The number of nitrogens with two attached hydrogens (primary N) is 2. The number of carbonyl (C=O) groups is 1. The molecule has 0 bridgehead atoms. The third-order valence-electron chi connectivity index (χ3n) is 3.80. The molecule has 6 heteroatoms. The lowest BCUT2D eigenvalue weighted by Gasteiger charge is -2.11. The highest BCUT2D eigenvalue weighted by molar-refractivity contribution is 6.06. The van der Waals surface area contributed by atoms with Crippen molar-refractivity contribution < 1.29 is 15.0 Å². The topological polar surface area (TPSA) is 122 Å². The van der Waals surface area contributed by atoms with Crippen molar-refractivity contribution in [2.75, 3.05) is 16.8 Å². The maximum atomic E-state index is 12.5. The van der Waals surface area contributed by atoms with E-state index >= 15 is 0 Å². The summed E-state index contributed by atoms with van der Waals surface area (Å²) in [5.74, 6) is -0.402. The highest BCUT2D eigenvalue weighted by Crippen LogP contribution is 2.33. The van der Waals surface area contributed by atoms with Gasteiger partial charge in [0.1, 0.15) is 11.5 Å². The molecule has 1 amide bonds. The Bertz CT molecular complexity index is 954. The second-order valence-electron chi connectivity index (χ2n) is 5.55. The number of benzene rings is 3. The van der Waals surface area contributed by atoms with Crippen molar-refractivity contribution in [1.29, 1.82) is 0 Å². The lowest BCUT2D eigenvalue weighted by molar-refractivity contribution is 0.102. The van der Waals surface area contributed by atoms with Crippen LogP contribution in [0.1, 0.15) is 10.4 Å². The average Bonchev–Trinajstić information content (AvgIpc) is 2.59. The predicted octanol–water partition coefficient (Wildman–Crippen LogP) is 3.18. The fourth-order valence-electron chi connectivity index (χ4n) is 2.46. The van der Waals surface area contributed by atoms with E-state index in [0.29, 0.717) is 28.1 Å². The van der Waals surface area contributed by atoms with Gasteiger partial charge in [0, 0.05) is 34.1 Å². The number of carbonyl (C=O) groups excluding carboxylic acids is 1. The first-order chi connectivity index (χ1) is 12.0. The number of aromatic hydroxyl groups is 2. The van der Waals surface area contributed by atoms with Crippen molar-refractivity contribution in [3.05, 3.63) is 66.2 Å². The summed E-state index contributed by atoms with van der Waals surface area (Å²) in [6, 6.07) is 16.0. The van der Waals surface area contributed by atoms with E-state index in [-0.39, 0.29) is 23.1 Å². The third-order valence-corrected chi connectivity index (χ3v) is 3.80. The predicted molar refractivity (Wildman–Crippen MR) is 98.4 cm³/mol. The zero-order chi connectivity index (χ0) is 18.0. The molecule has 0 aromatic heterocycles. The molecule has 0 radical (unpaired) electrons. The van der Waals surface area contributed by atoms with Gasteiger partial charge in [-0.25, -0.2) is 0 Å². The fraction of sp³-hybridized carbons (Fsp3) is 0. The first-order valence-corrected chi connectivity index (χ1v) is 7.53. The quantitative estimate of drug-likeness (QED) is 0.372. The maximum Gasteiger partial charge on any atom is 0.255 e. The minimum absolute atomic E-state index is 0.0789. The molecule has 6 nitrogen and oxygen atoms in total. The number of hydrogen-bond acceptors (Lipinski definition) is 5. The number of anilines is 3. The molecule has 0 saturated heterocycles. The zero-order valence-corrected chi connectivity index (χ0v) is 13.2. The fourth-order valence-corrected chi connectivity index (χ4v) is 2.46. The van der Waals surface area contributed by atoms with E-state index in [1.807, 2.05) is 0 Å². The summed E-state index contributed by atoms with van der Waals surface area (Å²) in [6.07, 6.45) is 0. The molecule has 0 spiro atoms. The average molecular weight is 335 g/mol. The van der Waals surface area contributed by atoms with E-state index in [4.69, 9.17) is 11.5 Å². The van der Waals surface area contributed by atoms with Crippen molar-refractivity contribution >= 4 is 23.0 Å². The van der Waals surface area contributed by atoms with Gasteiger partial charge in [-0.1, -0.05) is 18.2 Å². The molecule has 0 saturated carbocycles. The molecule has 3 aromatic rings. The SMILES string of the molecule is Nc1ccc(NC(=O)c2ccc(N)c(-c3ccccc3O)c2)cc1O. The van der Waals surface area contributed by atoms with Gasteiger partial charge in [-0.15, -0.1) is 0 Å². The number of amides is 1. The van der Waals surface area contributed by atoms with Gasteiger partial charge >= 0.3 is 0 Å². The molecule has 0 fully saturated rings. The number of nitrogen functional groups attached to an aromatic ring is 2. The molecule has 0 aliphatic rings. The summed E-state index contributed by atoms with van der Waals surface area (Å²) in [5.41, 5.74) is 14.1. The van der Waals surface area contributed by atoms with E-state index in [9.17, 15) is 15.0 Å². The summed E-state index contributed by atoms with van der Waals surface area (Å²) in [7, 11) is 0. The van der Waals surface area contributed by atoms with Crippen LogP contribution >= 0.6 is 0 Å². The zero-order valence-electron chi connectivity index (χ0n) is 13.2. The van der Waals surface area contributed by atoms with Gasteiger partial charge in [0.25, 0.3) is 5.91 Å². The summed E-state index contributed by atoms with van der Waals surface area (Å²) in [5, 5.41) is 22.3. The van der Waals surface area contributed by atoms with Crippen LogP contribution in [0.3, 0.4) is 0 Å². The van der Waals surface area contributed by atoms with Crippen LogP contribution in [0, 0.1) is 0 Å². The molecule has 3 rings (SSSR count). The van der Waals surface area contributed by atoms with Gasteiger partial charge in [0.15, 0.2) is 0 Å². The van der Waals surface area contributed by atoms with Gasteiger partial charge in [-0.05, 0) is 36.4 Å². The molecular formula is C19H17N3O3. The van der Waals surface area contributed by atoms with Crippen LogP contribution in [0.25, 0.3) is 11.1 Å². The van der Waals surface area contributed by atoms with Crippen molar-refractivity contribution in [1.82, 2.24) is 0 Å². The van der Waals surface area contributed by atoms with E-state index in [0.717, 1.165) is 0 Å². The number of rotatable bonds is 3. The summed E-state index contributed by atoms with van der Waals surface area (Å²) in [6.45, 7) is 0. The minimum atomic E-state index is -0.374. The van der Waals surface area contributed by atoms with Gasteiger partial charge in [-0.3, -0.25) is 4.79 Å². The van der Waals surface area contributed by atoms with E-state index in [2.05, 4.69) is 5.32 Å². The molecule has 0 heterocycles. The summed E-state index contributed by atoms with van der Waals surface area (Å²) >= 11 is 0. The lowest BCUT2D eigenvalue weighted by atomic mass is 10.00. The van der Waals surface area contributed by atoms with Crippen LogP contribution in [0.5, 0.6) is 11.5 Å². The van der Waals surface area contributed by atoms with E-state index in [1.54, 1.807) is 48.5 Å². The third kappa shape index (κ3) is 3.32. The van der Waals surface area contributed by atoms with E-state index < -0.39 is 0 Å². The van der Waals surface area contributed by atoms with Crippen molar-refractivity contribution in [2.24, 2.45) is 0 Å². The molecule has 0 aliphatic heterocycles. The Morgan fingerprint density at radius 1 is 0.800 bits per heavy atom. The standard InChI is InChI=1S/C19H17N3O3/c20-15-7-5-11(9-14(15)13-3-1-2-4-17(13)23)19(25)22-12-6-8-16(21)18(24)10-12/h1-10,23-24H,20-21H2,(H,22,25). The Kier molecular flexibility index (Phi) is 4.18. The van der Waals surface area contributed by atoms with Crippen LogP contribution in [-0.2, 0) is 0 Å². The van der Waals surface area contributed by atoms with Crippen molar-refractivity contribution in [3.63, 3.8) is 0 Å². The van der Waals surface area contributed by atoms with Crippen LogP contribution in [-0.4, -0.2) is 16.1 Å². The molecule has 3 aromatic carbocycles. The summed E-state index contributed by atoms with van der Waals surface area (Å²) in [4.78, 5) is 12.5. The van der Waals surface area contributed by atoms with Crippen molar-refractivity contribution in [2.45, 2.75) is 0 Å². The molecule has 7 N–H and O–H groups in total. The van der Waals surface area contributed by atoms with Gasteiger partial charge in [0.2, 0.25) is 0 Å². The number of para-hydroxylation sites is 1.